The Morgan fingerprint density at radius 1 is 1.37 bits per heavy atom. The molecule has 1 amide bonds. The first-order valence-electron chi connectivity index (χ1n) is 7.17. The van der Waals surface area contributed by atoms with Crippen molar-refractivity contribution in [3.63, 3.8) is 0 Å². The van der Waals surface area contributed by atoms with Crippen LogP contribution in [0, 0.1) is 5.92 Å². The molecule has 1 aliphatic carbocycles. The van der Waals surface area contributed by atoms with Crippen LogP contribution in [0.15, 0.2) is 30.3 Å². The third-order valence-electron chi connectivity index (χ3n) is 3.97. The molecule has 0 aliphatic heterocycles. The summed E-state index contributed by atoms with van der Waals surface area (Å²) in [6, 6.07) is 10.0. The number of nitrogens with one attached hydrogen (secondary N) is 1. The van der Waals surface area contributed by atoms with Gasteiger partial charge >= 0.3 is 0 Å². The zero-order valence-corrected chi connectivity index (χ0v) is 12.2. The highest BCUT2D eigenvalue weighted by Gasteiger charge is 2.24. The van der Waals surface area contributed by atoms with E-state index in [1.165, 1.54) is 0 Å². The molecule has 0 bridgehead atoms. The Bertz CT molecular complexity index is 406. The van der Waals surface area contributed by atoms with Crippen molar-refractivity contribution in [2.45, 2.75) is 43.9 Å². The van der Waals surface area contributed by atoms with Gasteiger partial charge in [0.2, 0.25) is 5.91 Å². The van der Waals surface area contributed by atoms with Gasteiger partial charge in [-0.25, -0.2) is 0 Å². The van der Waals surface area contributed by atoms with E-state index in [0.29, 0.717) is 11.3 Å². The molecule has 2 rings (SSSR count). The molecule has 0 spiro atoms. The van der Waals surface area contributed by atoms with Crippen molar-refractivity contribution in [3.05, 3.63) is 35.9 Å². The fourth-order valence-corrected chi connectivity index (χ4v) is 3.20. The zero-order valence-electron chi connectivity index (χ0n) is 11.4. The highest BCUT2D eigenvalue weighted by atomic mass is 35.5. The fraction of sp³-hybridized carbons (Fsp3) is 0.562. The standard InChI is InChI=1S/C16H22ClNO/c1-2-15(13-6-4-3-5-7-13)16(19)18-11-12-8-9-14(17)10-12/h3-7,12,14-15H,2,8-11H2,1H3,(H,18,19). The zero-order chi connectivity index (χ0) is 13.7. The third kappa shape index (κ3) is 3.97. The average Bonchev–Trinajstić information content (AvgIpc) is 2.84. The second-order valence-electron chi connectivity index (χ2n) is 5.39. The fourth-order valence-electron chi connectivity index (χ4n) is 2.83. The molecular weight excluding hydrogens is 258 g/mol. The van der Waals surface area contributed by atoms with Crippen molar-refractivity contribution in [2.75, 3.05) is 6.54 Å². The molecule has 1 aliphatic rings. The molecule has 3 atom stereocenters. The largest absolute Gasteiger partial charge is 0.355 e. The summed E-state index contributed by atoms with van der Waals surface area (Å²) in [7, 11) is 0. The van der Waals surface area contributed by atoms with Crippen LogP contribution in [0.2, 0.25) is 0 Å². The van der Waals surface area contributed by atoms with Crippen molar-refractivity contribution in [1.82, 2.24) is 5.32 Å². The molecule has 0 saturated heterocycles. The summed E-state index contributed by atoms with van der Waals surface area (Å²) in [5.41, 5.74) is 1.10. The molecule has 3 heteroatoms. The number of benzene rings is 1. The molecule has 1 saturated carbocycles. The van der Waals surface area contributed by atoms with E-state index < -0.39 is 0 Å². The SMILES string of the molecule is CCC(C(=O)NCC1CCC(Cl)C1)c1ccccc1. The van der Waals surface area contributed by atoms with Gasteiger partial charge in [0.25, 0.3) is 0 Å². The van der Waals surface area contributed by atoms with Gasteiger partial charge in [0.15, 0.2) is 0 Å². The van der Waals surface area contributed by atoms with E-state index in [-0.39, 0.29) is 11.8 Å². The number of hydrogen-bond donors (Lipinski definition) is 1. The maximum Gasteiger partial charge on any atom is 0.227 e. The van der Waals surface area contributed by atoms with Crippen molar-refractivity contribution < 1.29 is 4.79 Å². The number of rotatable bonds is 5. The summed E-state index contributed by atoms with van der Waals surface area (Å²) >= 11 is 6.10. The summed E-state index contributed by atoms with van der Waals surface area (Å²) in [5.74, 6) is 0.667. The van der Waals surface area contributed by atoms with E-state index in [9.17, 15) is 4.79 Å². The van der Waals surface area contributed by atoms with Gasteiger partial charge in [-0.15, -0.1) is 11.6 Å². The Balaban J connectivity index is 1.87. The topological polar surface area (TPSA) is 29.1 Å². The molecule has 19 heavy (non-hydrogen) atoms. The minimum Gasteiger partial charge on any atom is -0.355 e. The van der Waals surface area contributed by atoms with Gasteiger partial charge in [0, 0.05) is 11.9 Å². The van der Waals surface area contributed by atoms with Crippen LogP contribution in [-0.4, -0.2) is 17.8 Å². The van der Waals surface area contributed by atoms with Crippen LogP contribution in [0.5, 0.6) is 0 Å². The lowest BCUT2D eigenvalue weighted by molar-refractivity contribution is -0.122. The molecule has 1 aromatic rings. The molecule has 1 fully saturated rings. The molecule has 3 unspecified atom stereocenters. The van der Waals surface area contributed by atoms with Gasteiger partial charge in [-0.1, -0.05) is 37.3 Å². The first kappa shape index (κ1) is 14.4. The lowest BCUT2D eigenvalue weighted by atomic mass is 9.95. The monoisotopic (exact) mass is 279 g/mol. The van der Waals surface area contributed by atoms with Gasteiger partial charge in [0.05, 0.1) is 5.92 Å². The van der Waals surface area contributed by atoms with Gasteiger partial charge in [-0.3, -0.25) is 4.79 Å². The van der Waals surface area contributed by atoms with Crippen molar-refractivity contribution in [3.8, 4) is 0 Å². The average molecular weight is 280 g/mol. The second-order valence-corrected chi connectivity index (χ2v) is 6.01. The lowest BCUT2D eigenvalue weighted by Gasteiger charge is -2.17. The first-order chi connectivity index (χ1) is 9.20. The smallest absolute Gasteiger partial charge is 0.227 e. The first-order valence-corrected chi connectivity index (χ1v) is 7.61. The van der Waals surface area contributed by atoms with Gasteiger partial charge in [-0.05, 0) is 37.2 Å². The second kappa shape index (κ2) is 6.95. The molecule has 0 radical (unpaired) electrons. The summed E-state index contributed by atoms with van der Waals surface area (Å²) in [4.78, 5) is 12.3. The molecule has 0 heterocycles. The van der Waals surface area contributed by atoms with Crippen molar-refractivity contribution in [2.24, 2.45) is 5.92 Å². The Kier molecular flexibility index (Phi) is 5.26. The predicted molar refractivity (Wildman–Crippen MR) is 79.5 cm³/mol. The van der Waals surface area contributed by atoms with E-state index in [4.69, 9.17) is 11.6 Å². The Morgan fingerprint density at radius 2 is 2.11 bits per heavy atom. The predicted octanol–water partition coefficient (Wildman–Crippen LogP) is 3.70. The minimum atomic E-state index is -0.0330. The minimum absolute atomic E-state index is 0.0330. The summed E-state index contributed by atoms with van der Waals surface area (Å²) in [6.45, 7) is 2.83. The maximum atomic E-state index is 12.3. The van der Waals surface area contributed by atoms with Crippen LogP contribution in [0.1, 0.15) is 44.1 Å². The van der Waals surface area contributed by atoms with Crippen LogP contribution in [0.3, 0.4) is 0 Å². The van der Waals surface area contributed by atoms with Gasteiger partial charge in [-0.2, -0.15) is 0 Å². The quantitative estimate of drug-likeness (QED) is 0.818. The normalized spacial score (nSPS) is 24.1. The van der Waals surface area contributed by atoms with Crippen molar-refractivity contribution >= 4 is 17.5 Å². The number of hydrogen-bond acceptors (Lipinski definition) is 1. The molecular formula is C16H22ClNO. The van der Waals surface area contributed by atoms with E-state index in [1.807, 2.05) is 30.3 Å². The van der Waals surface area contributed by atoms with Crippen LogP contribution in [-0.2, 0) is 4.79 Å². The maximum absolute atomic E-state index is 12.3. The van der Waals surface area contributed by atoms with Crippen LogP contribution < -0.4 is 5.32 Å². The Hall–Kier alpha value is -1.02. The summed E-state index contributed by atoms with van der Waals surface area (Å²) in [6.07, 6.45) is 4.08. The number of halogens is 1. The van der Waals surface area contributed by atoms with E-state index >= 15 is 0 Å². The number of carbonyl (C=O) groups is 1. The van der Waals surface area contributed by atoms with Crippen LogP contribution in [0.25, 0.3) is 0 Å². The summed E-state index contributed by atoms with van der Waals surface area (Å²) in [5, 5.41) is 3.40. The van der Waals surface area contributed by atoms with E-state index in [0.717, 1.165) is 37.8 Å². The van der Waals surface area contributed by atoms with Crippen LogP contribution >= 0.6 is 11.6 Å². The highest BCUT2D eigenvalue weighted by Crippen LogP contribution is 2.29. The molecule has 1 aromatic carbocycles. The summed E-state index contributed by atoms with van der Waals surface area (Å²) < 4.78 is 0. The van der Waals surface area contributed by atoms with Gasteiger partial charge < -0.3 is 5.32 Å². The lowest BCUT2D eigenvalue weighted by Crippen LogP contribution is -2.32. The van der Waals surface area contributed by atoms with Crippen molar-refractivity contribution in [1.29, 1.82) is 0 Å². The molecule has 2 nitrogen and oxygen atoms in total. The molecule has 1 N–H and O–H groups in total. The molecule has 104 valence electrons. The van der Waals surface area contributed by atoms with E-state index in [2.05, 4.69) is 12.2 Å². The molecule has 0 aromatic heterocycles. The van der Waals surface area contributed by atoms with Crippen LogP contribution in [0.4, 0.5) is 0 Å². The van der Waals surface area contributed by atoms with Gasteiger partial charge in [0.1, 0.15) is 0 Å². The Morgan fingerprint density at radius 3 is 2.68 bits per heavy atom. The Labute approximate surface area is 120 Å². The third-order valence-corrected chi connectivity index (χ3v) is 4.37. The van der Waals surface area contributed by atoms with E-state index in [1.54, 1.807) is 0 Å². The number of amides is 1. The number of carbonyl (C=O) groups excluding carboxylic acids is 1. The highest BCUT2D eigenvalue weighted by molar-refractivity contribution is 6.20. The number of alkyl halides is 1.